The third-order valence-corrected chi connectivity index (χ3v) is 4.30. The molecule has 0 amide bonds. The summed E-state index contributed by atoms with van der Waals surface area (Å²) in [7, 11) is 0. The van der Waals surface area contributed by atoms with E-state index in [1.807, 2.05) is 24.3 Å². The van der Waals surface area contributed by atoms with Gasteiger partial charge in [-0.1, -0.05) is 19.1 Å². The third-order valence-electron chi connectivity index (χ3n) is 4.30. The van der Waals surface area contributed by atoms with Crippen LogP contribution < -0.4 is 14.8 Å². The molecule has 3 nitrogen and oxygen atoms in total. The molecule has 18 heavy (non-hydrogen) atoms. The van der Waals surface area contributed by atoms with Crippen molar-refractivity contribution >= 4 is 0 Å². The van der Waals surface area contributed by atoms with Crippen molar-refractivity contribution < 1.29 is 9.47 Å². The first-order valence-electron chi connectivity index (χ1n) is 6.79. The van der Waals surface area contributed by atoms with Crippen LogP contribution in [-0.2, 0) is 0 Å². The summed E-state index contributed by atoms with van der Waals surface area (Å²) in [6, 6.07) is 8.42. The van der Waals surface area contributed by atoms with E-state index in [1.165, 1.54) is 12.8 Å². The van der Waals surface area contributed by atoms with Crippen LogP contribution in [0.15, 0.2) is 24.3 Å². The molecule has 2 aliphatic rings. The van der Waals surface area contributed by atoms with Gasteiger partial charge >= 0.3 is 0 Å². The molecule has 3 heteroatoms. The Labute approximate surface area is 108 Å². The fourth-order valence-electron chi connectivity index (χ4n) is 2.35. The molecular weight excluding hydrogens is 226 g/mol. The molecule has 1 aliphatic carbocycles. The summed E-state index contributed by atoms with van der Waals surface area (Å²) in [5.41, 5.74) is 0.507. The van der Waals surface area contributed by atoms with Crippen molar-refractivity contribution in [1.29, 1.82) is 0 Å². The van der Waals surface area contributed by atoms with E-state index in [-0.39, 0.29) is 6.10 Å². The quantitative estimate of drug-likeness (QED) is 0.887. The molecule has 3 rings (SSSR count). The van der Waals surface area contributed by atoms with Crippen molar-refractivity contribution in [1.82, 2.24) is 5.32 Å². The van der Waals surface area contributed by atoms with Crippen LogP contribution in [0.25, 0.3) is 0 Å². The van der Waals surface area contributed by atoms with E-state index >= 15 is 0 Å². The van der Waals surface area contributed by atoms with Gasteiger partial charge in [0.2, 0.25) is 0 Å². The van der Waals surface area contributed by atoms with E-state index in [0.29, 0.717) is 18.1 Å². The second kappa shape index (κ2) is 4.47. The van der Waals surface area contributed by atoms with Crippen molar-refractivity contribution in [3.05, 3.63) is 24.3 Å². The molecule has 0 aromatic heterocycles. The van der Waals surface area contributed by atoms with Crippen LogP contribution in [0.5, 0.6) is 11.5 Å². The Morgan fingerprint density at radius 2 is 2.06 bits per heavy atom. The molecule has 0 saturated heterocycles. The van der Waals surface area contributed by atoms with Gasteiger partial charge in [-0.15, -0.1) is 0 Å². The van der Waals surface area contributed by atoms with Gasteiger partial charge in [-0.25, -0.2) is 0 Å². The summed E-state index contributed by atoms with van der Waals surface area (Å²) >= 11 is 0. The van der Waals surface area contributed by atoms with Crippen LogP contribution in [-0.4, -0.2) is 25.3 Å². The fraction of sp³-hybridized carbons (Fsp3) is 0.600. The lowest BCUT2D eigenvalue weighted by molar-refractivity contribution is 0.0865. The van der Waals surface area contributed by atoms with Gasteiger partial charge in [-0.2, -0.15) is 0 Å². The highest BCUT2D eigenvalue weighted by atomic mass is 16.6. The molecule has 1 saturated carbocycles. The maximum absolute atomic E-state index is 5.93. The number of ether oxygens (including phenoxy) is 2. The zero-order valence-electron chi connectivity index (χ0n) is 11.1. The average molecular weight is 247 g/mol. The average Bonchev–Trinajstić information content (AvgIpc) is 3.15. The number of hydrogen-bond donors (Lipinski definition) is 1. The zero-order chi connectivity index (χ0) is 12.6. The predicted octanol–water partition coefficient (Wildman–Crippen LogP) is 2.60. The summed E-state index contributed by atoms with van der Waals surface area (Å²) < 4.78 is 11.6. The minimum Gasteiger partial charge on any atom is -0.486 e. The van der Waals surface area contributed by atoms with Crippen LogP contribution in [0.4, 0.5) is 0 Å². The van der Waals surface area contributed by atoms with Crippen LogP contribution in [0.3, 0.4) is 0 Å². The van der Waals surface area contributed by atoms with Gasteiger partial charge < -0.3 is 14.8 Å². The lowest BCUT2D eigenvalue weighted by Crippen LogP contribution is -2.43. The summed E-state index contributed by atoms with van der Waals surface area (Å²) in [6.45, 7) is 6.10. The maximum Gasteiger partial charge on any atom is 0.161 e. The van der Waals surface area contributed by atoms with Crippen LogP contribution in [0.1, 0.15) is 26.7 Å². The van der Waals surface area contributed by atoms with Crippen molar-refractivity contribution in [2.75, 3.05) is 13.2 Å². The first-order valence-corrected chi connectivity index (χ1v) is 6.79. The zero-order valence-corrected chi connectivity index (χ0v) is 11.1. The highest BCUT2D eigenvalue weighted by molar-refractivity contribution is 5.40. The Hall–Kier alpha value is -1.22. The molecule has 0 radical (unpaired) electrons. The van der Waals surface area contributed by atoms with Crippen molar-refractivity contribution in [3.8, 4) is 11.5 Å². The van der Waals surface area contributed by atoms with E-state index in [0.717, 1.165) is 18.0 Å². The van der Waals surface area contributed by atoms with Crippen molar-refractivity contribution in [2.45, 2.75) is 38.8 Å². The van der Waals surface area contributed by atoms with E-state index in [9.17, 15) is 0 Å². The summed E-state index contributed by atoms with van der Waals surface area (Å²) in [5, 5.41) is 3.58. The minimum absolute atomic E-state index is 0.115. The molecule has 1 aromatic rings. The molecular formula is C15H21NO2. The standard InChI is InChI=1S/C15H21NO2/c1-11(15(2)7-8-15)16-9-12-10-17-13-5-3-4-6-14(13)18-12/h3-6,11-12,16H,7-10H2,1-2H3. The smallest absolute Gasteiger partial charge is 0.161 e. The van der Waals surface area contributed by atoms with E-state index in [4.69, 9.17) is 9.47 Å². The number of rotatable bonds is 4. The minimum atomic E-state index is 0.115. The number of para-hydroxylation sites is 2. The molecule has 2 atom stereocenters. The largest absolute Gasteiger partial charge is 0.486 e. The monoisotopic (exact) mass is 247 g/mol. The van der Waals surface area contributed by atoms with Crippen molar-refractivity contribution in [3.63, 3.8) is 0 Å². The first kappa shape index (κ1) is 11.8. The van der Waals surface area contributed by atoms with Crippen LogP contribution >= 0.6 is 0 Å². The molecule has 1 aromatic carbocycles. The lowest BCUT2D eigenvalue weighted by atomic mass is 10.0. The van der Waals surface area contributed by atoms with E-state index < -0.39 is 0 Å². The molecule has 2 unspecified atom stereocenters. The Morgan fingerprint density at radius 3 is 2.78 bits per heavy atom. The highest BCUT2D eigenvalue weighted by Crippen LogP contribution is 2.47. The van der Waals surface area contributed by atoms with Crippen LogP contribution in [0, 0.1) is 5.41 Å². The molecule has 0 spiro atoms. The summed E-state index contributed by atoms with van der Waals surface area (Å²) in [4.78, 5) is 0. The normalized spacial score (nSPS) is 25.6. The molecule has 0 bridgehead atoms. The van der Waals surface area contributed by atoms with Gasteiger partial charge in [-0.05, 0) is 37.3 Å². The molecule has 98 valence electrons. The second-order valence-electron chi connectivity index (χ2n) is 5.78. The molecule has 1 N–H and O–H groups in total. The van der Waals surface area contributed by atoms with E-state index in [1.54, 1.807) is 0 Å². The second-order valence-corrected chi connectivity index (χ2v) is 5.78. The number of fused-ring (bicyclic) bond motifs is 1. The molecule has 1 fully saturated rings. The highest BCUT2D eigenvalue weighted by Gasteiger charge is 2.42. The lowest BCUT2D eigenvalue weighted by Gasteiger charge is -2.29. The Bertz CT molecular complexity index is 428. The number of nitrogens with one attached hydrogen (secondary N) is 1. The van der Waals surface area contributed by atoms with Gasteiger partial charge in [0.15, 0.2) is 11.5 Å². The topological polar surface area (TPSA) is 30.5 Å². The predicted molar refractivity (Wildman–Crippen MR) is 71.2 cm³/mol. The van der Waals surface area contributed by atoms with Crippen molar-refractivity contribution in [2.24, 2.45) is 5.41 Å². The van der Waals surface area contributed by atoms with E-state index in [2.05, 4.69) is 19.2 Å². The Kier molecular flexibility index (Phi) is 2.94. The van der Waals surface area contributed by atoms with Gasteiger partial charge in [-0.3, -0.25) is 0 Å². The number of hydrogen-bond acceptors (Lipinski definition) is 3. The Balaban J connectivity index is 1.53. The number of benzene rings is 1. The third kappa shape index (κ3) is 2.32. The molecule has 1 heterocycles. The molecule has 1 aliphatic heterocycles. The summed E-state index contributed by atoms with van der Waals surface area (Å²) in [6.07, 6.45) is 2.79. The van der Waals surface area contributed by atoms with Gasteiger partial charge in [0.25, 0.3) is 0 Å². The fourth-order valence-corrected chi connectivity index (χ4v) is 2.35. The maximum atomic E-state index is 5.93. The van der Waals surface area contributed by atoms with Gasteiger partial charge in [0.1, 0.15) is 12.7 Å². The SMILES string of the molecule is CC(NCC1COc2ccccc2O1)C1(C)CC1. The van der Waals surface area contributed by atoms with Gasteiger partial charge in [0.05, 0.1) is 0 Å². The van der Waals surface area contributed by atoms with Gasteiger partial charge in [0, 0.05) is 12.6 Å². The summed E-state index contributed by atoms with van der Waals surface area (Å²) in [5.74, 6) is 1.72. The van der Waals surface area contributed by atoms with Crippen LogP contribution in [0.2, 0.25) is 0 Å². The Morgan fingerprint density at radius 1 is 1.33 bits per heavy atom. The first-order chi connectivity index (χ1) is 8.67.